The average molecular weight is 383 g/mol. The molecule has 0 aliphatic heterocycles. The van der Waals surface area contributed by atoms with E-state index in [1.807, 2.05) is 4.90 Å². The van der Waals surface area contributed by atoms with Crippen molar-refractivity contribution in [3.05, 3.63) is 34.4 Å². The molecule has 0 unspecified atom stereocenters. The Kier molecular flexibility index (Phi) is 4.96. The van der Waals surface area contributed by atoms with Gasteiger partial charge in [-0.3, -0.25) is 14.9 Å². The molecule has 4 bridgehead atoms. The first-order valence-corrected chi connectivity index (χ1v) is 10.0. The average Bonchev–Trinajstić information content (AvgIpc) is 2.65. The number of carbonyl (C=O) groups is 1. The van der Waals surface area contributed by atoms with Crippen molar-refractivity contribution >= 4 is 11.6 Å². The molecule has 5 rings (SSSR count). The summed E-state index contributed by atoms with van der Waals surface area (Å²) in [5.74, 6) is 2.47. The maximum Gasteiger partial charge on any atom is 0.269 e. The molecule has 0 aromatic heterocycles. The molecule has 0 radical (unpaired) electrons. The molecule has 4 aliphatic carbocycles. The van der Waals surface area contributed by atoms with E-state index in [1.54, 1.807) is 0 Å². The van der Waals surface area contributed by atoms with Crippen LogP contribution < -0.4 is 4.74 Å². The van der Waals surface area contributed by atoms with E-state index in [-0.39, 0.29) is 23.7 Å². The van der Waals surface area contributed by atoms with E-state index in [4.69, 9.17) is 10.00 Å². The van der Waals surface area contributed by atoms with Crippen LogP contribution in [0.1, 0.15) is 44.9 Å². The third-order valence-corrected chi connectivity index (χ3v) is 6.74. The molecule has 1 amide bonds. The number of amides is 1. The van der Waals surface area contributed by atoms with Crippen LogP contribution in [0.2, 0.25) is 0 Å². The lowest BCUT2D eigenvalue weighted by atomic mass is 9.52. The van der Waals surface area contributed by atoms with E-state index >= 15 is 0 Å². The second kappa shape index (κ2) is 7.42. The topological polar surface area (TPSA) is 96.5 Å². The number of ether oxygens (including phenoxy) is 1. The lowest BCUT2D eigenvalue weighted by molar-refractivity contribution is -0.384. The maximum absolute atomic E-state index is 13.1. The Hall–Kier alpha value is -2.62. The highest BCUT2D eigenvalue weighted by atomic mass is 16.6. The molecule has 1 aromatic carbocycles. The molecular weight excluding hydrogens is 358 g/mol. The smallest absolute Gasteiger partial charge is 0.269 e. The van der Waals surface area contributed by atoms with Crippen molar-refractivity contribution in [2.24, 2.45) is 17.8 Å². The number of carbonyl (C=O) groups excluding carboxylic acids is 1. The number of rotatable bonds is 7. The van der Waals surface area contributed by atoms with Crippen LogP contribution in [-0.4, -0.2) is 34.4 Å². The van der Waals surface area contributed by atoms with Gasteiger partial charge in [0.2, 0.25) is 0 Å². The van der Waals surface area contributed by atoms with Crippen LogP contribution in [0, 0.1) is 39.2 Å². The van der Waals surface area contributed by atoms with Gasteiger partial charge in [0.05, 0.1) is 17.4 Å². The van der Waals surface area contributed by atoms with Crippen LogP contribution >= 0.6 is 0 Å². The van der Waals surface area contributed by atoms with Crippen LogP contribution in [0.15, 0.2) is 24.3 Å². The Balaban J connectivity index is 1.46. The minimum absolute atomic E-state index is 0.0112. The van der Waals surface area contributed by atoms with Gasteiger partial charge in [-0.05, 0) is 68.4 Å². The Morgan fingerprint density at radius 2 is 1.75 bits per heavy atom. The molecule has 0 atom stereocenters. The Morgan fingerprint density at radius 3 is 2.25 bits per heavy atom. The number of nitro benzene ring substituents is 1. The van der Waals surface area contributed by atoms with Gasteiger partial charge in [0.15, 0.2) is 6.61 Å². The van der Waals surface area contributed by atoms with E-state index in [2.05, 4.69) is 6.07 Å². The summed E-state index contributed by atoms with van der Waals surface area (Å²) in [5, 5.41) is 19.8. The molecule has 0 saturated heterocycles. The van der Waals surface area contributed by atoms with Gasteiger partial charge in [-0.2, -0.15) is 5.26 Å². The first-order chi connectivity index (χ1) is 13.5. The minimum atomic E-state index is -0.467. The predicted octanol–water partition coefficient (Wildman–Crippen LogP) is 3.68. The van der Waals surface area contributed by atoms with Gasteiger partial charge in [-0.1, -0.05) is 0 Å². The van der Waals surface area contributed by atoms with Gasteiger partial charge in [0.25, 0.3) is 11.6 Å². The van der Waals surface area contributed by atoms with E-state index in [0.29, 0.717) is 36.5 Å². The Morgan fingerprint density at radius 1 is 1.18 bits per heavy atom. The highest BCUT2D eigenvalue weighted by molar-refractivity contribution is 5.78. The number of hydrogen-bond acceptors (Lipinski definition) is 5. The minimum Gasteiger partial charge on any atom is -0.484 e. The standard InChI is InChI=1S/C21H25N3O4/c22-6-1-7-23(21-11-15-8-16(12-21)10-17(9-15)13-21)20(25)14-28-19-4-2-18(3-5-19)24(26)27/h2-5,15-17H,1,7-14H2. The van der Waals surface area contributed by atoms with E-state index in [0.717, 1.165) is 19.3 Å². The van der Waals surface area contributed by atoms with Crippen molar-refractivity contribution in [3.8, 4) is 11.8 Å². The predicted molar refractivity (Wildman–Crippen MR) is 101 cm³/mol. The molecule has 1 aromatic rings. The quantitative estimate of drug-likeness (QED) is 0.528. The normalized spacial score (nSPS) is 29.9. The Bertz CT molecular complexity index is 764. The summed E-state index contributed by atoms with van der Waals surface area (Å²) in [6.07, 6.45) is 7.34. The molecule has 0 heterocycles. The summed E-state index contributed by atoms with van der Waals surface area (Å²) in [6, 6.07) is 7.93. The summed E-state index contributed by atoms with van der Waals surface area (Å²) < 4.78 is 5.63. The zero-order valence-corrected chi connectivity index (χ0v) is 15.9. The molecular formula is C21H25N3O4. The fourth-order valence-corrected chi connectivity index (χ4v) is 6.07. The van der Waals surface area contributed by atoms with Gasteiger partial charge in [0.1, 0.15) is 5.75 Å². The summed E-state index contributed by atoms with van der Waals surface area (Å²) >= 11 is 0. The van der Waals surface area contributed by atoms with Gasteiger partial charge >= 0.3 is 0 Å². The highest BCUT2D eigenvalue weighted by Crippen LogP contribution is 2.57. The highest BCUT2D eigenvalue weighted by Gasteiger charge is 2.54. The maximum atomic E-state index is 13.1. The Labute approximate surface area is 164 Å². The van der Waals surface area contributed by atoms with Gasteiger partial charge in [-0.15, -0.1) is 0 Å². The second-order valence-electron chi connectivity index (χ2n) is 8.64. The number of hydrogen-bond donors (Lipinski definition) is 0. The number of non-ortho nitro benzene ring substituents is 1. The summed E-state index contributed by atoms with van der Waals surface area (Å²) in [7, 11) is 0. The zero-order valence-electron chi connectivity index (χ0n) is 15.9. The zero-order chi connectivity index (χ0) is 19.7. The molecule has 0 N–H and O–H groups in total. The van der Waals surface area contributed by atoms with Gasteiger partial charge in [-0.25, -0.2) is 0 Å². The van der Waals surface area contributed by atoms with Crippen LogP contribution in [-0.2, 0) is 4.79 Å². The molecule has 0 spiro atoms. The number of benzene rings is 1. The number of nitro groups is 1. The van der Waals surface area contributed by atoms with E-state index in [9.17, 15) is 14.9 Å². The molecule has 4 fully saturated rings. The van der Waals surface area contributed by atoms with Gasteiger partial charge in [0, 0.05) is 24.2 Å². The van der Waals surface area contributed by atoms with Crippen LogP contribution in [0.4, 0.5) is 5.69 Å². The first-order valence-electron chi connectivity index (χ1n) is 10.0. The largest absolute Gasteiger partial charge is 0.484 e. The monoisotopic (exact) mass is 383 g/mol. The van der Waals surface area contributed by atoms with Crippen molar-refractivity contribution in [1.29, 1.82) is 5.26 Å². The molecule has 7 nitrogen and oxygen atoms in total. The van der Waals surface area contributed by atoms with Crippen molar-refractivity contribution in [2.75, 3.05) is 13.2 Å². The number of nitriles is 1. The van der Waals surface area contributed by atoms with Crippen LogP contribution in [0.3, 0.4) is 0 Å². The van der Waals surface area contributed by atoms with E-state index in [1.165, 1.54) is 43.5 Å². The molecule has 148 valence electrons. The summed E-state index contributed by atoms with van der Waals surface area (Å²) in [4.78, 5) is 25.3. The van der Waals surface area contributed by atoms with Crippen molar-refractivity contribution in [3.63, 3.8) is 0 Å². The molecule has 4 saturated carbocycles. The van der Waals surface area contributed by atoms with Crippen LogP contribution in [0.25, 0.3) is 0 Å². The summed E-state index contributed by atoms with van der Waals surface area (Å²) in [5.41, 5.74) is -0.121. The second-order valence-corrected chi connectivity index (χ2v) is 8.64. The summed E-state index contributed by atoms with van der Waals surface area (Å²) in [6.45, 7) is 0.343. The first kappa shape index (κ1) is 18.7. The molecule has 7 heteroatoms. The SMILES string of the molecule is N#CCCN(C(=O)COc1ccc([N+](=O)[O-])cc1)C12CC3CC(CC(C3)C1)C2. The van der Waals surface area contributed by atoms with E-state index < -0.39 is 4.92 Å². The third-order valence-electron chi connectivity index (χ3n) is 6.74. The van der Waals surface area contributed by atoms with Crippen molar-refractivity contribution in [2.45, 2.75) is 50.5 Å². The van der Waals surface area contributed by atoms with Crippen LogP contribution in [0.5, 0.6) is 5.75 Å². The third kappa shape index (κ3) is 3.56. The van der Waals surface area contributed by atoms with Crippen molar-refractivity contribution in [1.82, 2.24) is 4.90 Å². The van der Waals surface area contributed by atoms with Gasteiger partial charge < -0.3 is 9.64 Å². The van der Waals surface area contributed by atoms with Crippen molar-refractivity contribution < 1.29 is 14.5 Å². The number of nitrogens with zero attached hydrogens (tertiary/aromatic N) is 3. The molecule has 4 aliphatic rings. The lowest BCUT2D eigenvalue weighted by Gasteiger charge is -2.60. The lowest BCUT2D eigenvalue weighted by Crippen LogP contribution is -2.62. The molecule has 28 heavy (non-hydrogen) atoms. The fraction of sp³-hybridized carbons (Fsp3) is 0.619. The fourth-order valence-electron chi connectivity index (χ4n) is 6.07.